The SMILES string of the molecule is C=C(SC=N)c1ccc2cnc(NC(=O)c3cccc(OC4CCN(C)CC4)c3)cc2c1.[HH]. The third-order valence-electron chi connectivity index (χ3n) is 5.55. The van der Waals surface area contributed by atoms with Crippen LogP contribution >= 0.6 is 11.8 Å². The number of hydrogen-bond acceptors (Lipinski definition) is 6. The molecule has 166 valence electrons. The van der Waals surface area contributed by atoms with Crippen molar-refractivity contribution in [2.45, 2.75) is 18.9 Å². The van der Waals surface area contributed by atoms with Crippen LogP contribution in [0.1, 0.15) is 30.2 Å². The summed E-state index contributed by atoms with van der Waals surface area (Å²) < 4.78 is 6.11. The van der Waals surface area contributed by atoms with Crippen molar-refractivity contribution in [2.75, 3.05) is 25.5 Å². The number of benzene rings is 2. The molecule has 3 aromatic rings. The number of pyridine rings is 1. The van der Waals surface area contributed by atoms with Gasteiger partial charge in [0.1, 0.15) is 17.7 Å². The number of anilines is 1. The molecule has 2 aromatic carbocycles. The highest BCUT2D eigenvalue weighted by atomic mass is 32.2. The molecule has 0 spiro atoms. The molecule has 0 atom stereocenters. The van der Waals surface area contributed by atoms with Crippen LogP contribution in [0.2, 0.25) is 0 Å². The van der Waals surface area contributed by atoms with Gasteiger partial charge in [-0.05, 0) is 61.2 Å². The molecule has 2 N–H and O–H groups in total. The Morgan fingerprint density at radius 1 is 1.22 bits per heavy atom. The van der Waals surface area contributed by atoms with E-state index in [1.165, 1.54) is 17.3 Å². The topological polar surface area (TPSA) is 78.3 Å². The summed E-state index contributed by atoms with van der Waals surface area (Å²) in [6, 6.07) is 15.0. The van der Waals surface area contributed by atoms with Crippen LogP contribution in [0.4, 0.5) is 5.82 Å². The van der Waals surface area contributed by atoms with Gasteiger partial charge in [-0.2, -0.15) is 0 Å². The molecule has 0 aliphatic carbocycles. The first-order valence-corrected chi connectivity index (χ1v) is 11.4. The molecular weight excluding hydrogens is 420 g/mol. The Labute approximate surface area is 193 Å². The molecule has 0 saturated carbocycles. The van der Waals surface area contributed by atoms with Gasteiger partial charge < -0.3 is 20.4 Å². The van der Waals surface area contributed by atoms with Gasteiger partial charge in [0, 0.05) is 36.6 Å². The maximum absolute atomic E-state index is 12.8. The highest BCUT2D eigenvalue weighted by molar-refractivity contribution is 8.19. The van der Waals surface area contributed by atoms with Crippen molar-refractivity contribution in [3.8, 4) is 5.75 Å². The molecular formula is C25H28N4O2S. The van der Waals surface area contributed by atoms with E-state index in [1.807, 2.05) is 36.4 Å². The molecule has 2 heterocycles. The Morgan fingerprint density at radius 3 is 2.81 bits per heavy atom. The van der Waals surface area contributed by atoms with Gasteiger partial charge in [-0.3, -0.25) is 4.79 Å². The van der Waals surface area contributed by atoms with Crippen LogP contribution in [0.25, 0.3) is 15.7 Å². The molecule has 1 aromatic heterocycles. The van der Waals surface area contributed by atoms with Crippen molar-refractivity contribution in [1.82, 2.24) is 9.88 Å². The van der Waals surface area contributed by atoms with E-state index < -0.39 is 0 Å². The van der Waals surface area contributed by atoms with Crippen LogP contribution < -0.4 is 10.1 Å². The Hall–Kier alpha value is -3.16. The van der Waals surface area contributed by atoms with E-state index in [4.69, 9.17) is 10.1 Å². The lowest BCUT2D eigenvalue weighted by Crippen LogP contribution is -2.35. The van der Waals surface area contributed by atoms with E-state index in [0.29, 0.717) is 17.1 Å². The van der Waals surface area contributed by atoms with Crippen molar-refractivity contribution in [3.63, 3.8) is 0 Å². The highest BCUT2D eigenvalue weighted by Gasteiger charge is 2.18. The van der Waals surface area contributed by atoms with E-state index >= 15 is 0 Å². The van der Waals surface area contributed by atoms with Crippen molar-refractivity contribution in [2.24, 2.45) is 0 Å². The smallest absolute Gasteiger partial charge is 0.256 e. The van der Waals surface area contributed by atoms with Gasteiger partial charge in [0.15, 0.2) is 0 Å². The Morgan fingerprint density at radius 2 is 2.03 bits per heavy atom. The zero-order chi connectivity index (χ0) is 22.5. The normalized spacial score (nSPS) is 14.8. The number of amides is 1. The number of piperidine rings is 1. The molecule has 1 aliphatic heterocycles. The Balaban J connectivity index is 0.00000306. The third-order valence-corrected chi connectivity index (χ3v) is 6.19. The second-order valence-corrected chi connectivity index (χ2v) is 8.86. The molecule has 1 saturated heterocycles. The van der Waals surface area contributed by atoms with Crippen molar-refractivity contribution >= 4 is 44.7 Å². The minimum absolute atomic E-state index is 0. The lowest BCUT2D eigenvalue weighted by molar-refractivity contribution is 0.102. The van der Waals surface area contributed by atoms with Gasteiger partial charge in [0.2, 0.25) is 0 Å². The monoisotopic (exact) mass is 448 g/mol. The van der Waals surface area contributed by atoms with Crippen LogP contribution in [0.3, 0.4) is 0 Å². The largest absolute Gasteiger partial charge is 0.490 e. The van der Waals surface area contributed by atoms with Gasteiger partial charge in [-0.15, -0.1) is 0 Å². The summed E-state index contributed by atoms with van der Waals surface area (Å²) in [5.41, 5.74) is 2.73. The van der Waals surface area contributed by atoms with Gasteiger partial charge in [-0.1, -0.05) is 36.5 Å². The van der Waals surface area contributed by atoms with E-state index in [0.717, 1.165) is 47.2 Å². The number of fused-ring (bicyclic) bond motifs is 1. The second-order valence-electron chi connectivity index (χ2n) is 7.89. The zero-order valence-electron chi connectivity index (χ0n) is 18.0. The fourth-order valence-corrected chi connectivity index (χ4v) is 4.12. The number of carbonyl (C=O) groups excluding carboxylic acids is 1. The first-order valence-electron chi connectivity index (χ1n) is 10.5. The van der Waals surface area contributed by atoms with Crippen LogP contribution in [0.5, 0.6) is 5.75 Å². The number of thioether (sulfide) groups is 1. The van der Waals surface area contributed by atoms with Crippen LogP contribution in [0, 0.1) is 5.41 Å². The molecule has 1 fully saturated rings. The number of nitrogens with zero attached hydrogens (tertiary/aromatic N) is 2. The predicted octanol–water partition coefficient (Wildman–Crippen LogP) is 5.52. The van der Waals surface area contributed by atoms with E-state index in [1.54, 1.807) is 18.3 Å². The maximum atomic E-state index is 12.8. The molecule has 0 bridgehead atoms. The van der Waals surface area contributed by atoms with Gasteiger partial charge in [-0.25, -0.2) is 4.98 Å². The average molecular weight is 449 g/mol. The molecule has 0 radical (unpaired) electrons. The molecule has 7 heteroatoms. The van der Waals surface area contributed by atoms with Crippen LogP contribution in [-0.4, -0.2) is 47.6 Å². The van der Waals surface area contributed by atoms with E-state index in [2.05, 4.69) is 28.8 Å². The molecule has 4 rings (SSSR count). The summed E-state index contributed by atoms with van der Waals surface area (Å²) in [5.74, 6) is 0.961. The van der Waals surface area contributed by atoms with Crippen molar-refractivity contribution in [3.05, 3.63) is 72.4 Å². The molecule has 1 aliphatic rings. The molecule has 6 nitrogen and oxygen atoms in total. The summed E-state index contributed by atoms with van der Waals surface area (Å²) in [4.78, 5) is 20.3. The first-order chi connectivity index (χ1) is 15.5. The number of aromatic nitrogens is 1. The highest BCUT2D eigenvalue weighted by Crippen LogP contribution is 2.27. The van der Waals surface area contributed by atoms with Gasteiger partial charge in [0.25, 0.3) is 5.91 Å². The van der Waals surface area contributed by atoms with Crippen molar-refractivity contribution < 1.29 is 11.0 Å². The number of likely N-dealkylation sites (tertiary alicyclic amines) is 1. The lowest BCUT2D eigenvalue weighted by atomic mass is 10.1. The summed E-state index contributed by atoms with van der Waals surface area (Å²) in [6.45, 7) is 6.04. The number of ether oxygens (including phenoxy) is 1. The minimum Gasteiger partial charge on any atom is -0.490 e. The van der Waals surface area contributed by atoms with Crippen LogP contribution in [-0.2, 0) is 0 Å². The maximum Gasteiger partial charge on any atom is 0.256 e. The number of carbonyl (C=O) groups is 1. The fraction of sp³-hybridized carbons (Fsp3) is 0.240. The summed E-state index contributed by atoms with van der Waals surface area (Å²) in [7, 11) is 2.12. The van der Waals surface area contributed by atoms with E-state index in [9.17, 15) is 4.79 Å². The van der Waals surface area contributed by atoms with Gasteiger partial charge in [0.05, 0.1) is 5.55 Å². The summed E-state index contributed by atoms with van der Waals surface area (Å²) in [6.07, 6.45) is 3.89. The first kappa shape index (κ1) is 22.0. The quantitative estimate of drug-likeness (QED) is 0.368. The van der Waals surface area contributed by atoms with E-state index in [-0.39, 0.29) is 13.4 Å². The lowest BCUT2D eigenvalue weighted by Gasteiger charge is -2.29. The molecule has 1 amide bonds. The third kappa shape index (κ3) is 5.36. The standard InChI is InChI=1S/C25H26N4O2S.H2/c1-17(32-16-26)18-6-7-20-15-27-24(14-21(20)12-18)28-25(30)19-4-3-5-23(13-19)31-22-8-10-29(2)11-9-22;/h3-7,12-16,22,26H,1,8-11H2,2H3,(H,27,28,30);1H. The average Bonchev–Trinajstić information content (AvgIpc) is 2.80. The fourth-order valence-electron chi connectivity index (χ4n) is 3.72. The van der Waals surface area contributed by atoms with Crippen LogP contribution in [0.15, 0.2) is 61.3 Å². The number of hydrogen-bond donors (Lipinski definition) is 2. The van der Waals surface area contributed by atoms with Crippen molar-refractivity contribution in [1.29, 1.82) is 5.41 Å². The Bertz CT molecular complexity index is 1160. The molecule has 0 unspecified atom stereocenters. The summed E-state index contributed by atoms with van der Waals surface area (Å²) in [5, 5.41) is 12.0. The summed E-state index contributed by atoms with van der Waals surface area (Å²) >= 11 is 1.27. The number of nitrogens with one attached hydrogen (secondary N) is 2. The molecule has 32 heavy (non-hydrogen) atoms. The minimum atomic E-state index is -0.231. The number of rotatable bonds is 7. The predicted molar refractivity (Wildman–Crippen MR) is 135 cm³/mol. The van der Waals surface area contributed by atoms with Gasteiger partial charge >= 0.3 is 0 Å². The second kappa shape index (κ2) is 9.97. The zero-order valence-corrected chi connectivity index (χ0v) is 18.8. The Kier molecular flexibility index (Phi) is 6.87.